The molecule has 2 aromatic heterocycles. The van der Waals surface area contributed by atoms with E-state index in [2.05, 4.69) is 54.2 Å². The van der Waals surface area contributed by atoms with E-state index in [-0.39, 0.29) is 5.54 Å². The van der Waals surface area contributed by atoms with Crippen molar-refractivity contribution in [3.63, 3.8) is 0 Å². The number of nitrogens with zero attached hydrogens (tertiary/aromatic N) is 3. The minimum absolute atomic E-state index is 0.0368. The Morgan fingerprint density at radius 2 is 2.17 bits per heavy atom. The van der Waals surface area contributed by atoms with E-state index in [0.29, 0.717) is 5.95 Å². The van der Waals surface area contributed by atoms with Gasteiger partial charge in [-0.1, -0.05) is 6.92 Å². The Bertz CT molecular complexity index is 548. The average molecular weight is 265 g/mol. The van der Waals surface area contributed by atoms with Crippen molar-refractivity contribution >= 4 is 33.3 Å². The lowest BCUT2D eigenvalue weighted by molar-refractivity contribution is 0.468. The van der Waals surface area contributed by atoms with Gasteiger partial charge in [0.25, 0.3) is 0 Å². The van der Waals surface area contributed by atoms with Gasteiger partial charge < -0.3 is 4.90 Å². The molecule has 0 aliphatic carbocycles. The molecule has 5 nitrogen and oxygen atoms in total. The van der Waals surface area contributed by atoms with Gasteiger partial charge >= 0.3 is 0 Å². The van der Waals surface area contributed by atoms with Crippen LogP contribution in [0.15, 0.2) is 11.4 Å². The number of hydrogen-bond acceptors (Lipinski definition) is 6. The zero-order valence-corrected chi connectivity index (χ0v) is 12.0. The zero-order chi connectivity index (χ0) is 13.3. The van der Waals surface area contributed by atoms with Gasteiger partial charge in [-0.25, -0.2) is 10.8 Å². The summed E-state index contributed by atoms with van der Waals surface area (Å²) in [6, 6.07) is 2.05. The number of thiophene rings is 1. The number of fused-ring (bicyclic) bond motifs is 1. The maximum atomic E-state index is 5.43. The molecular formula is C12H19N5S. The van der Waals surface area contributed by atoms with Crippen LogP contribution < -0.4 is 16.2 Å². The smallest absolute Gasteiger partial charge is 0.240 e. The molecule has 0 fully saturated rings. The highest BCUT2D eigenvalue weighted by atomic mass is 32.1. The molecule has 6 heteroatoms. The number of nitrogen functional groups attached to an aromatic ring is 1. The van der Waals surface area contributed by atoms with Gasteiger partial charge in [-0.3, -0.25) is 5.43 Å². The maximum absolute atomic E-state index is 5.43. The fraction of sp³-hybridized carbons (Fsp3) is 0.500. The molecule has 98 valence electrons. The number of hydrazine groups is 1. The van der Waals surface area contributed by atoms with Crippen molar-refractivity contribution in [3.05, 3.63) is 11.4 Å². The first-order valence-electron chi connectivity index (χ1n) is 5.95. The summed E-state index contributed by atoms with van der Waals surface area (Å²) in [6.45, 7) is 6.57. The first-order chi connectivity index (χ1) is 8.49. The van der Waals surface area contributed by atoms with Gasteiger partial charge in [-0.05, 0) is 31.7 Å². The number of rotatable bonds is 4. The molecular weight excluding hydrogens is 246 g/mol. The summed E-state index contributed by atoms with van der Waals surface area (Å²) in [7, 11) is 2.06. The van der Waals surface area contributed by atoms with Crippen LogP contribution in [-0.2, 0) is 0 Å². The van der Waals surface area contributed by atoms with Crippen LogP contribution in [0.5, 0.6) is 0 Å². The van der Waals surface area contributed by atoms with Crippen LogP contribution >= 0.6 is 11.3 Å². The van der Waals surface area contributed by atoms with Crippen molar-refractivity contribution in [1.29, 1.82) is 0 Å². The van der Waals surface area contributed by atoms with Crippen LogP contribution in [0.4, 0.5) is 11.8 Å². The Hall–Kier alpha value is -1.40. The monoisotopic (exact) mass is 265 g/mol. The largest absolute Gasteiger partial charge is 0.354 e. The molecule has 3 N–H and O–H groups in total. The van der Waals surface area contributed by atoms with Crippen molar-refractivity contribution in [1.82, 2.24) is 9.97 Å². The third-order valence-corrected chi connectivity index (χ3v) is 4.33. The van der Waals surface area contributed by atoms with E-state index in [0.717, 1.165) is 22.5 Å². The van der Waals surface area contributed by atoms with Crippen LogP contribution in [0.1, 0.15) is 27.2 Å². The number of anilines is 2. The Labute approximate surface area is 111 Å². The molecule has 2 heterocycles. The van der Waals surface area contributed by atoms with Crippen molar-refractivity contribution in [2.75, 3.05) is 17.4 Å². The van der Waals surface area contributed by atoms with E-state index in [1.54, 1.807) is 11.3 Å². The highest BCUT2D eigenvalue weighted by Crippen LogP contribution is 2.32. The summed E-state index contributed by atoms with van der Waals surface area (Å²) < 4.78 is 0. The number of nitrogens with one attached hydrogen (secondary N) is 1. The predicted octanol–water partition coefficient (Wildman–Crippen LogP) is 2.60. The van der Waals surface area contributed by atoms with E-state index in [4.69, 9.17) is 5.84 Å². The van der Waals surface area contributed by atoms with Crippen LogP contribution in [0, 0.1) is 0 Å². The second kappa shape index (κ2) is 4.70. The van der Waals surface area contributed by atoms with Gasteiger partial charge in [0.05, 0.1) is 5.39 Å². The standard InChI is InChI=1S/C12H19N5S/c1-5-12(2,3)17(4)9-8-6-7-18-10(8)15-11(14-9)16-13/h6-7H,5,13H2,1-4H3,(H,14,15,16). The van der Waals surface area contributed by atoms with E-state index >= 15 is 0 Å². The molecule has 0 unspecified atom stereocenters. The van der Waals surface area contributed by atoms with Crippen molar-refractivity contribution in [2.24, 2.45) is 5.84 Å². The first-order valence-corrected chi connectivity index (χ1v) is 6.83. The maximum Gasteiger partial charge on any atom is 0.240 e. The van der Waals surface area contributed by atoms with Gasteiger partial charge in [0.2, 0.25) is 5.95 Å². The predicted molar refractivity (Wildman–Crippen MR) is 78.0 cm³/mol. The molecule has 0 spiro atoms. The molecule has 2 rings (SSSR count). The minimum atomic E-state index is 0.0368. The average Bonchev–Trinajstić information content (AvgIpc) is 2.84. The first kappa shape index (κ1) is 13.0. The normalized spacial score (nSPS) is 11.8. The molecule has 0 bridgehead atoms. The molecule has 0 saturated carbocycles. The van der Waals surface area contributed by atoms with Crippen molar-refractivity contribution in [2.45, 2.75) is 32.7 Å². The second-order valence-corrected chi connectivity index (χ2v) is 5.77. The lowest BCUT2D eigenvalue weighted by Crippen LogP contribution is -2.41. The lowest BCUT2D eigenvalue weighted by atomic mass is 10.00. The molecule has 0 aliphatic rings. The summed E-state index contributed by atoms with van der Waals surface area (Å²) in [5.41, 5.74) is 2.57. The molecule has 0 saturated heterocycles. The fourth-order valence-electron chi connectivity index (χ4n) is 1.68. The summed E-state index contributed by atoms with van der Waals surface area (Å²) >= 11 is 1.59. The topological polar surface area (TPSA) is 67.1 Å². The third-order valence-electron chi connectivity index (χ3n) is 3.52. The summed E-state index contributed by atoms with van der Waals surface area (Å²) in [5.74, 6) is 6.81. The van der Waals surface area contributed by atoms with Gasteiger partial charge in [0, 0.05) is 12.6 Å². The molecule has 0 aliphatic heterocycles. The van der Waals surface area contributed by atoms with Gasteiger partial charge in [0.1, 0.15) is 10.6 Å². The zero-order valence-electron chi connectivity index (χ0n) is 11.2. The molecule has 0 atom stereocenters. The molecule has 2 aromatic rings. The Morgan fingerprint density at radius 3 is 2.78 bits per heavy atom. The number of nitrogens with two attached hydrogens (primary N) is 1. The van der Waals surface area contributed by atoms with Crippen LogP contribution in [0.2, 0.25) is 0 Å². The minimum Gasteiger partial charge on any atom is -0.354 e. The van der Waals surface area contributed by atoms with E-state index < -0.39 is 0 Å². The Balaban J connectivity index is 2.58. The third kappa shape index (κ3) is 2.13. The van der Waals surface area contributed by atoms with Gasteiger partial charge in [-0.2, -0.15) is 4.98 Å². The van der Waals surface area contributed by atoms with E-state index in [1.807, 2.05) is 5.38 Å². The molecule has 0 amide bonds. The molecule has 0 radical (unpaired) electrons. The summed E-state index contributed by atoms with van der Waals surface area (Å²) in [6.07, 6.45) is 1.03. The van der Waals surface area contributed by atoms with Crippen molar-refractivity contribution < 1.29 is 0 Å². The van der Waals surface area contributed by atoms with Crippen LogP contribution in [0.3, 0.4) is 0 Å². The van der Waals surface area contributed by atoms with E-state index in [9.17, 15) is 0 Å². The summed E-state index contributed by atoms with van der Waals surface area (Å²) in [4.78, 5) is 12.0. The van der Waals surface area contributed by atoms with Gasteiger partial charge in [-0.15, -0.1) is 11.3 Å². The number of aromatic nitrogens is 2. The number of hydrogen-bond donors (Lipinski definition) is 2. The molecule has 18 heavy (non-hydrogen) atoms. The summed E-state index contributed by atoms with van der Waals surface area (Å²) in [5, 5.41) is 3.10. The van der Waals surface area contributed by atoms with Gasteiger partial charge in [0.15, 0.2) is 0 Å². The lowest BCUT2D eigenvalue weighted by Gasteiger charge is -2.36. The van der Waals surface area contributed by atoms with Crippen LogP contribution in [-0.4, -0.2) is 22.6 Å². The highest BCUT2D eigenvalue weighted by Gasteiger charge is 2.25. The second-order valence-electron chi connectivity index (χ2n) is 4.88. The SMILES string of the molecule is CCC(C)(C)N(C)c1nc(NN)nc2sccc12. The van der Waals surface area contributed by atoms with Crippen molar-refractivity contribution in [3.8, 4) is 0 Å². The Kier molecular flexibility index (Phi) is 3.41. The Morgan fingerprint density at radius 1 is 1.44 bits per heavy atom. The molecule has 0 aromatic carbocycles. The fourth-order valence-corrected chi connectivity index (χ4v) is 2.44. The highest BCUT2D eigenvalue weighted by molar-refractivity contribution is 7.16. The quantitative estimate of drug-likeness (QED) is 0.657. The van der Waals surface area contributed by atoms with E-state index in [1.165, 1.54) is 0 Å². The van der Waals surface area contributed by atoms with Crippen LogP contribution in [0.25, 0.3) is 10.2 Å².